The van der Waals surface area contributed by atoms with E-state index in [9.17, 15) is 9.50 Å². The molecule has 20 heavy (non-hydrogen) atoms. The highest BCUT2D eigenvalue weighted by atomic mass is 19.1. The summed E-state index contributed by atoms with van der Waals surface area (Å²) in [4.78, 5) is 0. The Labute approximate surface area is 121 Å². The van der Waals surface area contributed by atoms with Crippen LogP contribution >= 0.6 is 0 Å². The molecular weight excluding hydrogens is 257 g/mol. The third-order valence-corrected chi connectivity index (χ3v) is 3.49. The lowest BCUT2D eigenvalue weighted by molar-refractivity contribution is -0.0269. The van der Waals surface area contributed by atoms with Crippen LogP contribution in [0.4, 0.5) is 4.39 Å². The number of rotatable bonds is 7. The normalized spacial score (nSPS) is 14.7. The lowest BCUT2D eigenvalue weighted by Crippen LogP contribution is -2.38. The Morgan fingerprint density at radius 1 is 1.30 bits per heavy atom. The van der Waals surface area contributed by atoms with Gasteiger partial charge in [0.15, 0.2) is 0 Å². The van der Waals surface area contributed by atoms with Crippen molar-refractivity contribution in [1.29, 1.82) is 0 Å². The molecule has 0 saturated carbocycles. The number of aliphatic hydroxyl groups is 1. The Balaban J connectivity index is 2.78. The summed E-state index contributed by atoms with van der Waals surface area (Å²) in [5.74, 6) is 0.411. The minimum atomic E-state index is -0.906. The number of ether oxygens (including phenoxy) is 1. The molecule has 1 aromatic rings. The smallest absolute Gasteiger partial charge is 0.124 e. The van der Waals surface area contributed by atoms with Crippen molar-refractivity contribution < 1.29 is 14.2 Å². The summed E-state index contributed by atoms with van der Waals surface area (Å²) >= 11 is 0. The first-order valence-corrected chi connectivity index (χ1v) is 7.09. The van der Waals surface area contributed by atoms with E-state index in [2.05, 4.69) is 5.32 Å². The Hall–Kier alpha value is -1.13. The van der Waals surface area contributed by atoms with Crippen LogP contribution in [-0.4, -0.2) is 23.4 Å². The van der Waals surface area contributed by atoms with Gasteiger partial charge in [0.1, 0.15) is 18.2 Å². The molecule has 0 aromatic heterocycles. The fourth-order valence-corrected chi connectivity index (χ4v) is 1.53. The molecule has 0 heterocycles. The molecule has 4 heteroatoms. The molecule has 1 aromatic carbocycles. The van der Waals surface area contributed by atoms with E-state index in [1.807, 2.05) is 27.7 Å². The van der Waals surface area contributed by atoms with Crippen molar-refractivity contribution in [3.63, 3.8) is 0 Å². The molecule has 0 fully saturated rings. The van der Waals surface area contributed by atoms with E-state index in [4.69, 9.17) is 4.74 Å². The summed E-state index contributed by atoms with van der Waals surface area (Å²) in [6.45, 7) is 10.4. The summed E-state index contributed by atoms with van der Waals surface area (Å²) in [5, 5.41) is 13.4. The SMILES string of the molecule is CC(C)NCc1cc(F)ccc1OCC(C)(O)C(C)C. The Morgan fingerprint density at radius 2 is 1.95 bits per heavy atom. The zero-order chi connectivity index (χ0) is 15.3. The summed E-state index contributed by atoms with van der Waals surface area (Å²) in [6.07, 6.45) is 0. The molecule has 0 aliphatic heterocycles. The molecule has 114 valence electrons. The van der Waals surface area contributed by atoms with Crippen LogP contribution < -0.4 is 10.1 Å². The van der Waals surface area contributed by atoms with Gasteiger partial charge in [-0.25, -0.2) is 4.39 Å². The Morgan fingerprint density at radius 3 is 2.50 bits per heavy atom. The van der Waals surface area contributed by atoms with Crippen LogP contribution in [0.3, 0.4) is 0 Å². The van der Waals surface area contributed by atoms with E-state index in [1.165, 1.54) is 12.1 Å². The number of hydrogen-bond acceptors (Lipinski definition) is 3. The van der Waals surface area contributed by atoms with Gasteiger partial charge in [-0.1, -0.05) is 27.7 Å². The number of benzene rings is 1. The van der Waals surface area contributed by atoms with Crippen LogP contribution in [0.25, 0.3) is 0 Å². The van der Waals surface area contributed by atoms with Crippen molar-refractivity contribution >= 4 is 0 Å². The van der Waals surface area contributed by atoms with Gasteiger partial charge in [0.25, 0.3) is 0 Å². The first-order valence-electron chi connectivity index (χ1n) is 7.09. The maximum absolute atomic E-state index is 13.3. The van der Waals surface area contributed by atoms with Crippen LogP contribution in [0, 0.1) is 11.7 Å². The maximum Gasteiger partial charge on any atom is 0.124 e. The van der Waals surface area contributed by atoms with Gasteiger partial charge in [0.05, 0.1) is 5.60 Å². The van der Waals surface area contributed by atoms with Crippen LogP contribution in [-0.2, 0) is 6.54 Å². The van der Waals surface area contributed by atoms with Gasteiger partial charge in [0.2, 0.25) is 0 Å². The van der Waals surface area contributed by atoms with Gasteiger partial charge < -0.3 is 15.2 Å². The summed E-state index contributed by atoms with van der Waals surface area (Å²) in [6, 6.07) is 4.76. The second-order valence-corrected chi connectivity index (χ2v) is 6.09. The molecule has 1 atom stereocenters. The Kier molecular flexibility index (Phi) is 5.96. The molecule has 0 spiro atoms. The second-order valence-electron chi connectivity index (χ2n) is 6.09. The van der Waals surface area contributed by atoms with Crippen molar-refractivity contribution in [1.82, 2.24) is 5.32 Å². The quantitative estimate of drug-likeness (QED) is 0.808. The van der Waals surface area contributed by atoms with Gasteiger partial charge >= 0.3 is 0 Å². The van der Waals surface area contributed by atoms with Crippen LogP contribution in [0.5, 0.6) is 5.75 Å². The Bertz CT molecular complexity index is 430. The van der Waals surface area contributed by atoms with Crippen LogP contribution in [0.1, 0.15) is 40.2 Å². The number of hydrogen-bond donors (Lipinski definition) is 2. The standard InChI is InChI=1S/C16H26FNO2/c1-11(2)16(5,19)10-20-15-7-6-14(17)8-13(15)9-18-12(3)4/h6-8,11-12,18-19H,9-10H2,1-5H3. The van der Waals surface area contributed by atoms with Crippen LogP contribution in [0.15, 0.2) is 18.2 Å². The van der Waals surface area contributed by atoms with E-state index in [0.29, 0.717) is 18.3 Å². The van der Waals surface area contributed by atoms with E-state index < -0.39 is 5.60 Å². The summed E-state index contributed by atoms with van der Waals surface area (Å²) < 4.78 is 19.0. The monoisotopic (exact) mass is 283 g/mol. The lowest BCUT2D eigenvalue weighted by atomic mass is 9.94. The lowest BCUT2D eigenvalue weighted by Gasteiger charge is -2.28. The molecule has 0 saturated heterocycles. The summed E-state index contributed by atoms with van der Waals surface area (Å²) in [5.41, 5.74) is -0.143. The third-order valence-electron chi connectivity index (χ3n) is 3.49. The molecule has 0 aliphatic carbocycles. The van der Waals surface area contributed by atoms with Crippen LogP contribution in [0.2, 0.25) is 0 Å². The molecule has 0 aliphatic rings. The number of nitrogens with one attached hydrogen (secondary N) is 1. The zero-order valence-electron chi connectivity index (χ0n) is 13.0. The van der Waals surface area contributed by atoms with E-state index in [0.717, 1.165) is 5.56 Å². The molecule has 2 N–H and O–H groups in total. The van der Waals surface area contributed by atoms with Gasteiger partial charge in [-0.2, -0.15) is 0 Å². The van der Waals surface area contributed by atoms with Crippen molar-refractivity contribution in [2.24, 2.45) is 5.92 Å². The van der Waals surface area contributed by atoms with Crippen molar-refractivity contribution in [2.45, 2.75) is 52.8 Å². The molecule has 1 rings (SSSR count). The third kappa shape index (κ3) is 5.10. The highest BCUT2D eigenvalue weighted by molar-refractivity contribution is 5.34. The largest absolute Gasteiger partial charge is 0.490 e. The molecule has 0 bridgehead atoms. The predicted octanol–water partition coefficient (Wildman–Crippen LogP) is 3.11. The highest BCUT2D eigenvalue weighted by Gasteiger charge is 2.26. The molecule has 0 amide bonds. The van der Waals surface area contributed by atoms with E-state index in [1.54, 1.807) is 13.0 Å². The first kappa shape index (κ1) is 16.9. The fraction of sp³-hybridized carbons (Fsp3) is 0.625. The van der Waals surface area contributed by atoms with E-state index in [-0.39, 0.29) is 18.3 Å². The molecule has 1 unspecified atom stereocenters. The average Bonchev–Trinajstić information content (AvgIpc) is 2.34. The molecule has 3 nitrogen and oxygen atoms in total. The minimum Gasteiger partial charge on any atom is -0.490 e. The van der Waals surface area contributed by atoms with Gasteiger partial charge in [-0.15, -0.1) is 0 Å². The number of halogens is 1. The van der Waals surface area contributed by atoms with Gasteiger partial charge in [-0.3, -0.25) is 0 Å². The second kappa shape index (κ2) is 7.04. The van der Waals surface area contributed by atoms with Crippen molar-refractivity contribution in [2.75, 3.05) is 6.61 Å². The van der Waals surface area contributed by atoms with E-state index >= 15 is 0 Å². The maximum atomic E-state index is 13.3. The predicted molar refractivity (Wildman–Crippen MR) is 79.3 cm³/mol. The van der Waals surface area contributed by atoms with Gasteiger partial charge in [-0.05, 0) is 31.0 Å². The summed E-state index contributed by atoms with van der Waals surface area (Å²) in [7, 11) is 0. The minimum absolute atomic E-state index is 0.0835. The molecular formula is C16H26FNO2. The topological polar surface area (TPSA) is 41.5 Å². The van der Waals surface area contributed by atoms with Crippen molar-refractivity contribution in [3.05, 3.63) is 29.6 Å². The first-order chi connectivity index (χ1) is 9.22. The fourth-order valence-electron chi connectivity index (χ4n) is 1.53. The molecule has 0 radical (unpaired) electrons. The average molecular weight is 283 g/mol. The zero-order valence-corrected chi connectivity index (χ0v) is 13.0. The highest BCUT2D eigenvalue weighted by Crippen LogP contribution is 2.23. The van der Waals surface area contributed by atoms with Crippen molar-refractivity contribution in [3.8, 4) is 5.75 Å². The van der Waals surface area contributed by atoms with Gasteiger partial charge in [0, 0.05) is 18.2 Å².